The molecule has 1 aliphatic heterocycles. The van der Waals surface area contributed by atoms with Crippen LogP contribution in [0.3, 0.4) is 0 Å². The van der Waals surface area contributed by atoms with Crippen molar-refractivity contribution < 1.29 is 9.59 Å². The zero-order chi connectivity index (χ0) is 11.9. The number of hydrogen-bond donors (Lipinski definition) is 1. The molecule has 2 N–H and O–H groups in total. The average molecular weight is 219 g/mol. The highest BCUT2D eigenvalue weighted by atomic mass is 16.2. The van der Waals surface area contributed by atoms with Crippen LogP contribution in [0.5, 0.6) is 0 Å². The number of pyridine rings is 1. The highest BCUT2D eigenvalue weighted by Gasteiger charge is 2.37. The van der Waals surface area contributed by atoms with Gasteiger partial charge in [-0.3, -0.25) is 9.59 Å². The molecule has 2 heterocycles. The van der Waals surface area contributed by atoms with Crippen LogP contribution in [0.4, 0.5) is 11.5 Å². The molecule has 84 valence electrons. The summed E-state index contributed by atoms with van der Waals surface area (Å²) in [4.78, 5) is 28.7. The molecule has 2 rings (SSSR count). The van der Waals surface area contributed by atoms with Crippen molar-refractivity contribution in [2.75, 3.05) is 10.6 Å². The summed E-state index contributed by atoms with van der Waals surface area (Å²) in [5.41, 5.74) is 6.83. The van der Waals surface area contributed by atoms with Crippen molar-refractivity contribution in [1.29, 1.82) is 0 Å². The average Bonchev–Trinajstić information content (AvgIpc) is 2.43. The molecule has 1 aliphatic rings. The molecule has 1 aromatic heterocycles. The van der Waals surface area contributed by atoms with Crippen LogP contribution in [0, 0.1) is 12.8 Å². The fourth-order valence-electron chi connectivity index (χ4n) is 1.83. The van der Waals surface area contributed by atoms with E-state index < -0.39 is 0 Å². The Morgan fingerprint density at radius 3 is 2.69 bits per heavy atom. The van der Waals surface area contributed by atoms with Crippen LogP contribution >= 0.6 is 0 Å². The topological polar surface area (TPSA) is 76.3 Å². The maximum absolute atomic E-state index is 11.8. The highest BCUT2D eigenvalue weighted by Crippen LogP contribution is 2.27. The van der Waals surface area contributed by atoms with Gasteiger partial charge in [-0.2, -0.15) is 0 Å². The zero-order valence-electron chi connectivity index (χ0n) is 9.23. The lowest BCUT2D eigenvalue weighted by atomic mass is 10.1. The number of aromatic nitrogens is 1. The molecule has 0 radical (unpaired) electrons. The molecule has 16 heavy (non-hydrogen) atoms. The van der Waals surface area contributed by atoms with E-state index in [1.807, 2.05) is 0 Å². The third-order valence-corrected chi connectivity index (χ3v) is 2.66. The van der Waals surface area contributed by atoms with Gasteiger partial charge < -0.3 is 5.73 Å². The van der Waals surface area contributed by atoms with Gasteiger partial charge in [-0.1, -0.05) is 6.92 Å². The lowest BCUT2D eigenvalue weighted by molar-refractivity contribution is -0.122. The van der Waals surface area contributed by atoms with Crippen LogP contribution in [-0.2, 0) is 9.59 Å². The fourth-order valence-corrected chi connectivity index (χ4v) is 1.83. The minimum Gasteiger partial charge on any atom is -0.397 e. The molecule has 5 nitrogen and oxygen atoms in total. The van der Waals surface area contributed by atoms with Gasteiger partial charge in [0.2, 0.25) is 11.8 Å². The van der Waals surface area contributed by atoms with Crippen molar-refractivity contribution in [3.8, 4) is 0 Å². The summed E-state index contributed by atoms with van der Waals surface area (Å²) in [5.74, 6) is -0.247. The Morgan fingerprint density at radius 1 is 1.50 bits per heavy atom. The van der Waals surface area contributed by atoms with Gasteiger partial charge in [-0.25, -0.2) is 9.88 Å². The van der Waals surface area contributed by atoms with Crippen molar-refractivity contribution in [2.24, 2.45) is 5.92 Å². The van der Waals surface area contributed by atoms with E-state index in [1.54, 1.807) is 19.9 Å². The predicted molar refractivity (Wildman–Crippen MR) is 59.7 cm³/mol. The third-order valence-electron chi connectivity index (χ3n) is 2.66. The SMILES string of the molecule is Cc1cc(N)cnc1N1C(=O)CC(C)C1=O. The molecule has 2 amide bonds. The highest BCUT2D eigenvalue weighted by molar-refractivity contribution is 6.20. The first-order chi connectivity index (χ1) is 7.50. The van der Waals surface area contributed by atoms with Crippen molar-refractivity contribution in [1.82, 2.24) is 4.98 Å². The van der Waals surface area contributed by atoms with Crippen LogP contribution < -0.4 is 10.6 Å². The molecular weight excluding hydrogens is 206 g/mol. The second-order valence-electron chi connectivity index (χ2n) is 4.08. The number of nitrogens with zero attached hydrogens (tertiary/aromatic N) is 2. The molecule has 1 unspecified atom stereocenters. The number of carbonyl (C=O) groups is 2. The monoisotopic (exact) mass is 219 g/mol. The lowest BCUT2D eigenvalue weighted by Gasteiger charge is -2.15. The van der Waals surface area contributed by atoms with E-state index in [9.17, 15) is 9.59 Å². The van der Waals surface area contributed by atoms with Gasteiger partial charge in [0, 0.05) is 12.3 Å². The largest absolute Gasteiger partial charge is 0.397 e. The number of imide groups is 1. The van der Waals surface area contributed by atoms with Crippen LogP contribution in [0.15, 0.2) is 12.3 Å². The molecule has 0 spiro atoms. The molecular formula is C11H13N3O2. The summed E-state index contributed by atoms with van der Waals surface area (Å²) in [7, 11) is 0. The Balaban J connectivity index is 2.45. The van der Waals surface area contributed by atoms with Gasteiger partial charge in [0.05, 0.1) is 11.9 Å². The van der Waals surface area contributed by atoms with Crippen LogP contribution in [0.2, 0.25) is 0 Å². The summed E-state index contributed by atoms with van der Waals surface area (Å²) in [6.45, 7) is 3.52. The summed E-state index contributed by atoms with van der Waals surface area (Å²) in [5, 5.41) is 0. The molecule has 1 aromatic rings. The van der Waals surface area contributed by atoms with Crippen molar-refractivity contribution in [3.05, 3.63) is 17.8 Å². The molecule has 0 saturated carbocycles. The molecule has 5 heteroatoms. The van der Waals surface area contributed by atoms with E-state index in [0.29, 0.717) is 11.5 Å². The van der Waals surface area contributed by atoms with E-state index in [4.69, 9.17) is 5.73 Å². The first-order valence-corrected chi connectivity index (χ1v) is 5.09. The van der Waals surface area contributed by atoms with E-state index >= 15 is 0 Å². The number of nitrogen functional groups attached to an aromatic ring is 1. The summed E-state index contributed by atoms with van der Waals surface area (Å²) < 4.78 is 0. The van der Waals surface area contributed by atoms with Gasteiger partial charge in [-0.05, 0) is 18.6 Å². The molecule has 0 aliphatic carbocycles. The van der Waals surface area contributed by atoms with Crippen molar-refractivity contribution in [3.63, 3.8) is 0 Å². The second kappa shape index (κ2) is 3.59. The smallest absolute Gasteiger partial charge is 0.238 e. The Hall–Kier alpha value is -1.91. The first kappa shape index (κ1) is 10.6. The number of rotatable bonds is 1. The van der Waals surface area contributed by atoms with Crippen LogP contribution in [0.1, 0.15) is 18.9 Å². The molecule has 1 saturated heterocycles. The Labute approximate surface area is 93.3 Å². The predicted octanol–water partition coefficient (Wildman–Crippen LogP) is 0.872. The van der Waals surface area contributed by atoms with Gasteiger partial charge in [-0.15, -0.1) is 0 Å². The zero-order valence-corrected chi connectivity index (χ0v) is 9.23. The standard InChI is InChI=1S/C11H13N3O2/c1-6-3-8(12)5-13-10(6)14-9(15)4-7(2)11(14)16/h3,5,7H,4,12H2,1-2H3. The quantitative estimate of drug-likeness (QED) is 0.711. The fraction of sp³-hybridized carbons (Fsp3) is 0.364. The summed E-state index contributed by atoms with van der Waals surface area (Å²) in [6, 6.07) is 1.70. The van der Waals surface area contributed by atoms with E-state index in [2.05, 4.69) is 4.98 Å². The maximum atomic E-state index is 11.8. The molecule has 0 aromatic carbocycles. The maximum Gasteiger partial charge on any atom is 0.238 e. The summed E-state index contributed by atoms with van der Waals surface area (Å²) in [6.07, 6.45) is 1.70. The second-order valence-corrected chi connectivity index (χ2v) is 4.08. The summed E-state index contributed by atoms with van der Waals surface area (Å²) >= 11 is 0. The van der Waals surface area contributed by atoms with Crippen molar-refractivity contribution in [2.45, 2.75) is 20.3 Å². The molecule has 1 fully saturated rings. The van der Waals surface area contributed by atoms with Gasteiger partial charge >= 0.3 is 0 Å². The van der Waals surface area contributed by atoms with E-state index in [-0.39, 0.29) is 24.2 Å². The minimum atomic E-state index is -0.258. The normalized spacial score (nSPS) is 20.6. The molecule has 0 bridgehead atoms. The minimum absolute atomic E-state index is 0.189. The molecule has 1 atom stereocenters. The van der Waals surface area contributed by atoms with Crippen LogP contribution in [-0.4, -0.2) is 16.8 Å². The number of amides is 2. The van der Waals surface area contributed by atoms with Gasteiger partial charge in [0.15, 0.2) is 0 Å². The number of aryl methyl sites for hydroxylation is 1. The van der Waals surface area contributed by atoms with Gasteiger partial charge in [0.25, 0.3) is 0 Å². The van der Waals surface area contributed by atoms with Crippen LogP contribution in [0.25, 0.3) is 0 Å². The Kier molecular flexibility index (Phi) is 2.38. The van der Waals surface area contributed by atoms with E-state index in [1.165, 1.54) is 6.20 Å². The lowest BCUT2D eigenvalue weighted by Crippen LogP contribution is -2.31. The Morgan fingerprint density at radius 2 is 2.19 bits per heavy atom. The number of anilines is 2. The number of carbonyl (C=O) groups excluding carboxylic acids is 2. The Bertz CT molecular complexity index is 470. The first-order valence-electron chi connectivity index (χ1n) is 5.09. The number of hydrogen-bond acceptors (Lipinski definition) is 4. The van der Waals surface area contributed by atoms with Gasteiger partial charge in [0.1, 0.15) is 5.82 Å². The third kappa shape index (κ3) is 1.54. The van der Waals surface area contributed by atoms with Crippen molar-refractivity contribution >= 4 is 23.3 Å². The number of nitrogens with two attached hydrogens (primary N) is 1. The van der Waals surface area contributed by atoms with E-state index in [0.717, 1.165) is 10.5 Å².